The highest BCUT2D eigenvalue weighted by atomic mass is 32.1. The SMILES string of the molecule is Cc1cccc2[nH]c(=S)n(CCCN3CCCC3)c12. The third-order valence-electron chi connectivity index (χ3n) is 4.05. The summed E-state index contributed by atoms with van der Waals surface area (Å²) in [6, 6.07) is 6.34. The Morgan fingerprint density at radius 3 is 2.79 bits per heavy atom. The van der Waals surface area contributed by atoms with E-state index in [1.54, 1.807) is 0 Å². The lowest BCUT2D eigenvalue weighted by Gasteiger charge is -2.14. The van der Waals surface area contributed by atoms with Crippen LogP contribution in [-0.4, -0.2) is 34.1 Å². The van der Waals surface area contributed by atoms with Gasteiger partial charge in [-0.15, -0.1) is 0 Å². The lowest BCUT2D eigenvalue weighted by molar-refractivity contribution is 0.326. The molecule has 3 nitrogen and oxygen atoms in total. The van der Waals surface area contributed by atoms with Gasteiger partial charge in [-0.1, -0.05) is 12.1 Å². The molecule has 0 bridgehead atoms. The Morgan fingerprint density at radius 2 is 2.00 bits per heavy atom. The first kappa shape index (κ1) is 12.9. The van der Waals surface area contributed by atoms with Crippen molar-refractivity contribution in [2.24, 2.45) is 0 Å². The number of rotatable bonds is 4. The number of nitrogens with one attached hydrogen (secondary N) is 1. The minimum absolute atomic E-state index is 0.853. The fourth-order valence-electron chi connectivity index (χ4n) is 3.07. The van der Waals surface area contributed by atoms with Crippen LogP contribution in [0, 0.1) is 11.7 Å². The highest BCUT2D eigenvalue weighted by molar-refractivity contribution is 7.71. The molecule has 1 aliphatic heterocycles. The van der Waals surface area contributed by atoms with E-state index < -0.39 is 0 Å². The van der Waals surface area contributed by atoms with E-state index in [0.717, 1.165) is 16.8 Å². The van der Waals surface area contributed by atoms with Crippen LogP contribution in [0.2, 0.25) is 0 Å². The van der Waals surface area contributed by atoms with Crippen molar-refractivity contribution < 1.29 is 0 Å². The molecular formula is C15H21N3S. The fraction of sp³-hybridized carbons (Fsp3) is 0.533. The second-order valence-electron chi connectivity index (χ2n) is 5.46. The molecule has 2 heterocycles. The number of para-hydroxylation sites is 1. The predicted molar refractivity (Wildman–Crippen MR) is 82.2 cm³/mol. The quantitative estimate of drug-likeness (QED) is 0.864. The summed E-state index contributed by atoms with van der Waals surface area (Å²) < 4.78 is 3.11. The summed E-state index contributed by atoms with van der Waals surface area (Å²) >= 11 is 5.45. The number of imidazole rings is 1. The van der Waals surface area contributed by atoms with Gasteiger partial charge < -0.3 is 14.5 Å². The maximum atomic E-state index is 5.45. The molecule has 0 saturated carbocycles. The Morgan fingerprint density at radius 1 is 1.21 bits per heavy atom. The van der Waals surface area contributed by atoms with Crippen molar-refractivity contribution in [2.45, 2.75) is 32.7 Å². The molecule has 2 aromatic rings. The molecule has 0 unspecified atom stereocenters. The van der Waals surface area contributed by atoms with Crippen LogP contribution < -0.4 is 0 Å². The Bertz CT molecular complexity index is 620. The van der Waals surface area contributed by atoms with Gasteiger partial charge in [0.1, 0.15) is 0 Å². The van der Waals surface area contributed by atoms with E-state index in [1.165, 1.54) is 50.0 Å². The Labute approximate surface area is 119 Å². The monoisotopic (exact) mass is 275 g/mol. The average Bonchev–Trinajstić information content (AvgIpc) is 2.99. The first-order valence-electron chi connectivity index (χ1n) is 7.16. The summed E-state index contributed by atoms with van der Waals surface area (Å²) in [5.74, 6) is 0. The number of likely N-dealkylation sites (tertiary alicyclic amines) is 1. The molecule has 1 aromatic carbocycles. The zero-order valence-electron chi connectivity index (χ0n) is 11.5. The molecule has 102 valence electrons. The fourth-order valence-corrected chi connectivity index (χ4v) is 3.37. The number of fused-ring (bicyclic) bond motifs is 1. The smallest absolute Gasteiger partial charge is 0.178 e. The molecule has 0 aliphatic carbocycles. The normalized spacial score (nSPS) is 16.5. The van der Waals surface area contributed by atoms with Gasteiger partial charge in [-0.2, -0.15) is 0 Å². The summed E-state index contributed by atoms with van der Waals surface area (Å²) in [5.41, 5.74) is 3.73. The molecule has 1 saturated heterocycles. The van der Waals surface area contributed by atoms with Gasteiger partial charge in [-0.25, -0.2) is 0 Å². The van der Waals surface area contributed by atoms with Gasteiger partial charge in [0.05, 0.1) is 11.0 Å². The zero-order chi connectivity index (χ0) is 13.2. The molecule has 1 N–H and O–H groups in total. The third kappa shape index (κ3) is 2.60. The molecule has 4 heteroatoms. The first-order chi connectivity index (χ1) is 9.25. The molecule has 1 aliphatic rings. The van der Waals surface area contributed by atoms with Gasteiger partial charge in [-0.3, -0.25) is 0 Å². The molecule has 0 spiro atoms. The Kier molecular flexibility index (Phi) is 3.71. The van der Waals surface area contributed by atoms with Gasteiger partial charge in [0, 0.05) is 6.54 Å². The molecule has 1 aromatic heterocycles. The van der Waals surface area contributed by atoms with E-state index in [-0.39, 0.29) is 0 Å². The van der Waals surface area contributed by atoms with E-state index in [0.29, 0.717) is 0 Å². The van der Waals surface area contributed by atoms with E-state index >= 15 is 0 Å². The minimum Gasteiger partial charge on any atom is -0.331 e. The third-order valence-corrected chi connectivity index (χ3v) is 4.37. The van der Waals surface area contributed by atoms with Crippen molar-refractivity contribution in [3.8, 4) is 0 Å². The van der Waals surface area contributed by atoms with Gasteiger partial charge in [0.2, 0.25) is 0 Å². The summed E-state index contributed by atoms with van der Waals surface area (Å²) in [6.45, 7) is 6.92. The topological polar surface area (TPSA) is 24.0 Å². The van der Waals surface area contributed by atoms with Crippen molar-refractivity contribution in [3.05, 3.63) is 28.5 Å². The number of hydrogen-bond donors (Lipinski definition) is 1. The highest BCUT2D eigenvalue weighted by Gasteiger charge is 2.11. The number of aromatic nitrogens is 2. The minimum atomic E-state index is 0.853. The van der Waals surface area contributed by atoms with Crippen LogP contribution in [0.15, 0.2) is 18.2 Å². The van der Waals surface area contributed by atoms with E-state index in [9.17, 15) is 0 Å². The van der Waals surface area contributed by atoms with Crippen molar-refractivity contribution in [2.75, 3.05) is 19.6 Å². The van der Waals surface area contributed by atoms with Gasteiger partial charge >= 0.3 is 0 Å². The summed E-state index contributed by atoms with van der Waals surface area (Å²) in [7, 11) is 0. The zero-order valence-corrected chi connectivity index (χ0v) is 12.3. The first-order valence-corrected chi connectivity index (χ1v) is 7.57. The van der Waals surface area contributed by atoms with Crippen LogP contribution in [0.1, 0.15) is 24.8 Å². The molecule has 0 radical (unpaired) electrons. The van der Waals surface area contributed by atoms with Gasteiger partial charge in [0.15, 0.2) is 4.77 Å². The van der Waals surface area contributed by atoms with Crippen molar-refractivity contribution in [3.63, 3.8) is 0 Å². The summed E-state index contributed by atoms with van der Waals surface area (Å²) in [6.07, 6.45) is 3.91. The molecule has 1 fully saturated rings. The van der Waals surface area contributed by atoms with E-state index in [2.05, 4.69) is 39.6 Å². The van der Waals surface area contributed by atoms with Crippen molar-refractivity contribution in [1.82, 2.24) is 14.5 Å². The van der Waals surface area contributed by atoms with Crippen LogP contribution in [0.25, 0.3) is 11.0 Å². The van der Waals surface area contributed by atoms with E-state index in [1.807, 2.05) is 0 Å². The van der Waals surface area contributed by atoms with Crippen molar-refractivity contribution in [1.29, 1.82) is 0 Å². The summed E-state index contributed by atoms with van der Waals surface area (Å²) in [5, 5.41) is 0. The average molecular weight is 275 g/mol. The van der Waals surface area contributed by atoms with Gasteiger partial charge in [-0.05, 0) is 69.7 Å². The molecule has 0 amide bonds. The molecule has 19 heavy (non-hydrogen) atoms. The van der Waals surface area contributed by atoms with Crippen LogP contribution >= 0.6 is 12.2 Å². The van der Waals surface area contributed by atoms with Crippen LogP contribution in [0.3, 0.4) is 0 Å². The number of aryl methyl sites for hydroxylation is 2. The van der Waals surface area contributed by atoms with Crippen LogP contribution in [0.5, 0.6) is 0 Å². The number of hydrogen-bond acceptors (Lipinski definition) is 2. The second kappa shape index (κ2) is 5.47. The number of nitrogens with zero attached hydrogens (tertiary/aromatic N) is 2. The van der Waals surface area contributed by atoms with Crippen molar-refractivity contribution >= 4 is 23.3 Å². The summed E-state index contributed by atoms with van der Waals surface area (Å²) in [4.78, 5) is 5.87. The van der Waals surface area contributed by atoms with E-state index in [4.69, 9.17) is 12.2 Å². The standard InChI is InChI=1S/C15H21N3S/c1-12-6-4-7-13-14(12)18(15(19)16-13)11-5-10-17-8-2-3-9-17/h4,6-7H,2-3,5,8-11H2,1H3,(H,16,19). The van der Waals surface area contributed by atoms with Gasteiger partial charge in [0.25, 0.3) is 0 Å². The number of benzene rings is 1. The lowest BCUT2D eigenvalue weighted by atomic mass is 10.2. The second-order valence-corrected chi connectivity index (χ2v) is 5.84. The molecule has 0 atom stereocenters. The maximum Gasteiger partial charge on any atom is 0.178 e. The lowest BCUT2D eigenvalue weighted by Crippen LogP contribution is -2.21. The highest BCUT2D eigenvalue weighted by Crippen LogP contribution is 2.19. The van der Waals surface area contributed by atoms with Crippen LogP contribution in [-0.2, 0) is 6.54 Å². The maximum absolute atomic E-state index is 5.45. The Balaban J connectivity index is 1.76. The predicted octanol–water partition coefficient (Wildman–Crippen LogP) is 3.49. The number of aromatic amines is 1. The largest absolute Gasteiger partial charge is 0.331 e. The van der Waals surface area contributed by atoms with Crippen LogP contribution in [0.4, 0.5) is 0 Å². The molecule has 3 rings (SSSR count). The number of H-pyrrole nitrogens is 1. The Hall–Kier alpha value is -1.13. The molecular weight excluding hydrogens is 254 g/mol.